The lowest BCUT2D eigenvalue weighted by molar-refractivity contribution is -0.134. The van der Waals surface area contributed by atoms with Gasteiger partial charge < -0.3 is 30.0 Å². The fourth-order valence-electron chi connectivity index (χ4n) is 4.51. The Kier molecular flexibility index (Phi) is 5.86. The van der Waals surface area contributed by atoms with E-state index in [1.54, 1.807) is 31.5 Å². The average Bonchev–Trinajstić information content (AvgIpc) is 3.29. The lowest BCUT2D eigenvalue weighted by atomic mass is 9.80. The largest absolute Gasteiger partial charge is 0.497 e. The Morgan fingerprint density at radius 3 is 2.48 bits per heavy atom. The number of nitrogens with zero attached hydrogens (tertiary/aromatic N) is 2. The van der Waals surface area contributed by atoms with Gasteiger partial charge in [-0.25, -0.2) is 4.98 Å². The number of carbonyl (C=O) groups excluding carboxylic acids is 2. The van der Waals surface area contributed by atoms with Crippen molar-refractivity contribution < 1.29 is 19.1 Å². The first kappa shape index (κ1) is 21.2. The summed E-state index contributed by atoms with van der Waals surface area (Å²) in [7, 11) is 3.05. The van der Waals surface area contributed by atoms with Crippen molar-refractivity contribution in [3.63, 3.8) is 0 Å². The molecule has 3 N–H and O–H groups in total. The third kappa shape index (κ3) is 4.10. The summed E-state index contributed by atoms with van der Waals surface area (Å²) in [5, 5.41) is 6.43. The van der Waals surface area contributed by atoms with Crippen molar-refractivity contribution in [2.75, 3.05) is 33.9 Å². The van der Waals surface area contributed by atoms with Crippen LogP contribution in [0.25, 0.3) is 0 Å². The van der Waals surface area contributed by atoms with Crippen LogP contribution < -0.4 is 20.1 Å². The molecule has 1 saturated heterocycles. The number of benzene rings is 1. The number of amides is 2. The number of likely N-dealkylation sites (tertiary alicyclic amines) is 1. The fraction of sp³-hybridized carbons (Fsp3) is 0.500. The van der Waals surface area contributed by atoms with E-state index in [1.165, 1.54) is 19.9 Å². The highest BCUT2D eigenvalue weighted by Gasteiger charge is 2.42. The molecule has 1 fully saturated rings. The van der Waals surface area contributed by atoms with Crippen LogP contribution >= 0.6 is 0 Å². The number of hydrogen-bond acceptors (Lipinski definition) is 6. The standard InChI is InChI=1S/C22H29N5O4/c1-14(26-20(28)15-10-16(30-2)12-17(11-15)31-3)21(29)27-8-5-22(6-9-27)19-18(4-7-25-22)23-13-24-19/h10-14,25H,4-9H2,1-3H3,(H,23,24)(H,26,28)/t14-/m0/s1. The molecule has 2 aliphatic heterocycles. The van der Waals surface area contributed by atoms with Crippen LogP contribution in [0.5, 0.6) is 11.5 Å². The van der Waals surface area contributed by atoms with Crippen LogP contribution in [-0.4, -0.2) is 66.6 Å². The highest BCUT2D eigenvalue weighted by atomic mass is 16.5. The van der Waals surface area contributed by atoms with Gasteiger partial charge in [-0.2, -0.15) is 0 Å². The molecule has 31 heavy (non-hydrogen) atoms. The maximum atomic E-state index is 13.0. The number of aromatic nitrogens is 2. The fourth-order valence-corrected chi connectivity index (χ4v) is 4.51. The van der Waals surface area contributed by atoms with Gasteiger partial charge in [0.1, 0.15) is 17.5 Å². The van der Waals surface area contributed by atoms with Crippen LogP contribution in [0.4, 0.5) is 0 Å². The van der Waals surface area contributed by atoms with Crippen LogP contribution in [0.1, 0.15) is 41.5 Å². The molecule has 9 nitrogen and oxygen atoms in total. The van der Waals surface area contributed by atoms with Crippen molar-refractivity contribution >= 4 is 11.8 Å². The number of fused-ring (bicyclic) bond motifs is 2. The van der Waals surface area contributed by atoms with Crippen molar-refractivity contribution in [1.29, 1.82) is 0 Å². The van der Waals surface area contributed by atoms with E-state index in [-0.39, 0.29) is 17.4 Å². The summed E-state index contributed by atoms with van der Waals surface area (Å²) in [6.07, 6.45) is 4.29. The van der Waals surface area contributed by atoms with Crippen LogP contribution in [-0.2, 0) is 16.8 Å². The molecule has 2 aromatic rings. The third-order valence-corrected chi connectivity index (χ3v) is 6.27. The van der Waals surface area contributed by atoms with E-state index in [1.807, 2.05) is 4.90 Å². The molecule has 0 bridgehead atoms. The van der Waals surface area contributed by atoms with E-state index in [9.17, 15) is 9.59 Å². The molecule has 166 valence electrons. The maximum absolute atomic E-state index is 13.0. The van der Waals surface area contributed by atoms with E-state index in [0.29, 0.717) is 30.2 Å². The van der Waals surface area contributed by atoms with E-state index in [2.05, 4.69) is 20.6 Å². The first-order valence-corrected chi connectivity index (χ1v) is 10.6. The van der Waals surface area contributed by atoms with Gasteiger partial charge in [0.2, 0.25) is 5.91 Å². The van der Waals surface area contributed by atoms with Gasteiger partial charge in [-0.05, 0) is 31.9 Å². The predicted molar refractivity (Wildman–Crippen MR) is 114 cm³/mol. The summed E-state index contributed by atoms with van der Waals surface area (Å²) in [6, 6.07) is 4.30. The SMILES string of the molecule is COc1cc(OC)cc(C(=O)N[C@@H](C)C(=O)N2CCC3(CC2)NCCc2[nH]cnc23)c1. The average molecular weight is 428 g/mol. The van der Waals surface area contributed by atoms with Crippen LogP contribution in [0.15, 0.2) is 24.5 Å². The summed E-state index contributed by atoms with van der Waals surface area (Å²) < 4.78 is 10.4. The molecule has 1 aromatic heterocycles. The van der Waals surface area contributed by atoms with Crippen molar-refractivity contribution in [1.82, 2.24) is 25.5 Å². The van der Waals surface area contributed by atoms with Crippen molar-refractivity contribution in [2.45, 2.75) is 37.8 Å². The number of carbonyl (C=O) groups is 2. The van der Waals surface area contributed by atoms with Crippen molar-refractivity contribution in [2.24, 2.45) is 0 Å². The van der Waals surface area contributed by atoms with Crippen LogP contribution in [0, 0.1) is 0 Å². The number of hydrogen-bond donors (Lipinski definition) is 3. The van der Waals surface area contributed by atoms with E-state index in [0.717, 1.165) is 31.5 Å². The Hall–Kier alpha value is -3.07. The number of nitrogens with one attached hydrogen (secondary N) is 3. The highest BCUT2D eigenvalue weighted by Crippen LogP contribution is 2.36. The van der Waals surface area contributed by atoms with Crippen LogP contribution in [0.2, 0.25) is 0 Å². The molecule has 2 amide bonds. The molecular weight excluding hydrogens is 398 g/mol. The second-order valence-corrected chi connectivity index (χ2v) is 8.11. The van der Waals surface area contributed by atoms with E-state index >= 15 is 0 Å². The molecule has 1 aromatic carbocycles. The third-order valence-electron chi connectivity index (χ3n) is 6.27. The van der Waals surface area contributed by atoms with E-state index < -0.39 is 6.04 Å². The zero-order chi connectivity index (χ0) is 22.0. The van der Waals surface area contributed by atoms with Crippen molar-refractivity contribution in [3.05, 3.63) is 41.5 Å². The normalized spacial score (nSPS) is 18.2. The Bertz CT molecular complexity index is 942. The monoisotopic (exact) mass is 427 g/mol. The number of imidazole rings is 1. The smallest absolute Gasteiger partial charge is 0.252 e. The molecule has 4 rings (SSSR count). The molecule has 1 atom stereocenters. The second kappa shape index (κ2) is 8.58. The van der Waals surface area contributed by atoms with Gasteiger partial charge >= 0.3 is 0 Å². The number of aromatic amines is 1. The van der Waals surface area contributed by atoms with Gasteiger partial charge in [-0.1, -0.05) is 0 Å². The van der Waals surface area contributed by atoms with E-state index in [4.69, 9.17) is 9.47 Å². The molecule has 0 saturated carbocycles. The summed E-state index contributed by atoms with van der Waals surface area (Å²) in [4.78, 5) is 35.3. The zero-order valence-electron chi connectivity index (χ0n) is 18.2. The summed E-state index contributed by atoms with van der Waals surface area (Å²) in [5.41, 5.74) is 2.48. The Labute approximate surface area is 181 Å². The second-order valence-electron chi connectivity index (χ2n) is 8.11. The lowest BCUT2D eigenvalue weighted by Gasteiger charge is -2.44. The maximum Gasteiger partial charge on any atom is 0.252 e. The van der Waals surface area contributed by atoms with Crippen LogP contribution in [0.3, 0.4) is 0 Å². The number of H-pyrrole nitrogens is 1. The molecule has 0 unspecified atom stereocenters. The molecular formula is C22H29N5O4. The summed E-state index contributed by atoms with van der Waals surface area (Å²) in [5.74, 6) is 0.600. The first-order valence-electron chi connectivity index (χ1n) is 10.6. The molecule has 2 aliphatic rings. The zero-order valence-corrected chi connectivity index (χ0v) is 18.2. The van der Waals surface area contributed by atoms with Gasteiger partial charge in [-0.3, -0.25) is 9.59 Å². The molecule has 3 heterocycles. The minimum Gasteiger partial charge on any atom is -0.497 e. The van der Waals surface area contributed by atoms with Gasteiger partial charge in [0.25, 0.3) is 5.91 Å². The molecule has 0 aliphatic carbocycles. The number of rotatable bonds is 5. The molecule has 1 spiro atoms. The van der Waals surface area contributed by atoms with Gasteiger partial charge in [0, 0.05) is 43.4 Å². The molecule has 0 radical (unpaired) electrons. The number of piperidine rings is 1. The minimum absolute atomic E-state index is 0.0869. The first-order chi connectivity index (χ1) is 15.0. The summed E-state index contributed by atoms with van der Waals surface area (Å²) in [6.45, 7) is 3.85. The highest BCUT2D eigenvalue weighted by molar-refractivity contribution is 5.98. The topological polar surface area (TPSA) is 109 Å². The minimum atomic E-state index is -0.640. The van der Waals surface area contributed by atoms with Crippen molar-refractivity contribution in [3.8, 4) is 11.5 Å². The quantitative estimate of drug-likeness (QED) is 0.662. The number of ether oxygens (including phenoxy) is 2. The molecule has 9 heteroatoms. The summed E-state index contributed by atoms with van der Waals surface area (Å²) >= 11 is 0. The Balaban J connectivity index is 1.38. The Morgan fingerprint density at radius 1 is 1.16 bits per heavy atom. The lowest BCUT2D eigenvalue weighted by Crippen LogP contribution is -2.57. The van der Waals surface area contributed by atoms with Gasteiger partial charge in [0.15, 0.2) is 0 Å². The van der Waals surface area contributed by atoms with Gasteiger partial charge in [0.05, 0.1) is 31.8 Å². The Morgan fingerprint density at radius 2 is 1.84 bits per heavy atom. The predicted octanol–water partition coefficient (Wildman–Crippen LogP) is 1.21. The number of methoxy groups -OCH3 is 2. The van der Waals surface area contributed by atoms with Gasteiger partial charge in [-0.15, -0.1) is 0 Å².